The Bertz CT molecular complexity index is 1070. The molecule has 1 aliphatic heterocycles. The molecule has 0 unspecified atom stereocenters. The molecule has 0 atom stereocenters. The van der Waals surface area contributed by atoms with Crippen molar-refractivity contribution >= 4 is 17.7 Å². The molecule has 6 nitrogen and oxygen atoms in total. The number of aromatic amines is 1. The van der Waals surface area contributed by atoms with Crippen molar-refractivity contribution in [3.05, 3.63) is 76.5 Å². The van der Waals surface area contributed by atoms with Gasteiger partial charge >= 0.3 is 5.69 Å². The Morgan fingerprint density at radius 2 is 1.81 bits per heavy atom. The molecule has 0 saturated carbocycles. The second-order valence-electron chi connectivity index (χ2n) is 8.01. The number of piperidine rings is 1. The molecule has 1 aliphatic rings. The number of para-hydroxylation sites is 1. The zero-order chi connectivity index (χ0) is 21.6. The van der Waals surface area contributed by atoms with Crippen LogP contribution in [0.5, 0.6) is 0 Å². The summed E-state index contributed by atoms with van der Waals surface area (Å²) in [5, 5.41) is 6.90. The van der Waals surface area contributed by atoms with E-state index in [1.54, 1.807) is 16.3 Å². The highest BCUT2D eigenvalue weighted by Crippen LogP contribution is 2.24. The lowest BCUT2D eigenvalue weighted by Crippen LogP contribution is -2.39. The summed E-state index contributed by atoms with van der Waals surface area (Å²) in [5.74, 6) is 2.22. The number of likely N-dealkylation sites (tertiary alicyclic amines) is 1. The van der Waals surface area contributed by atoms with Crippen molar-refractivity contribution in [3.63, 3.8) is 0 Å². The number of rotatable bonds is 7. The van der Waals surface area contributed by atoms with E-state index in [0.717, 1.165) is 55.2 Å². The number of carbonyl (C=O) groups excluding carboxylic acids is 1. The van der Waals surface area contributed by atoms with E-state index < -0.39 is 0 Å². The maximum atomic E-state index is 12.6. The molecule has 162 valence electrons. The first kappa shape index (κ1) is 21.4. The van der Waals surface area contributed by atoms with Gasteiger partial charge in [-0.3, -0.25) is 4.79 Å². The van der Waals surface area contributed by atoms with Crippen molar-refractivity contribution in [1.29, 1.82) is 0 Å². The van der Waals surface area contributed by atoms with Gasteiger partial charge in [0, 0.05) is 36.6 Å². The van der Waals surface area contributed by atoms with Crippen LogP contribution in [0.1, 0.15) is 30.7 Å². The van der Waals surface area contributed by atoms with Gasteiger partial charge in [0.1, 0.15) is 5.82 Å². The Hall–Kier alpha value is -2.80. The number of nitrogens with zero attached hydrogens (tertiary/aromatic N) is 3. The summed E-state index contributed by atoms with van der Waals surface area (Å²) in [6.45, 7) is 3.55. The number of H-pyrrole nitrogens is 1. The molecule has 0 aliphatic carbocycles. The van der Waals surface area contributed by atoms with Gasteiger partial charge in [-0.05, 0) is 49.4 Å². The maximum Gasteiger partial charge on any atom is 0.347 e. The summed E-state index contributed by atoms with van der Waals surface area (Å²) in [4.78, 5) is 28.1. The van der Waals surface area contributed by atoms with Gasteiger partial charge in [-0.15, -0.1) is 11.8 Å². The first-order valence-electron chi connectivity index (χ1n) is 10.8. The third kappa shape index (κ3) is 5.28. The summed E-state index contributed by atoms with van der Waals surface area (Å²) in [6.07, 6.45) is 3.17. The predicted octanol–water partition coefficient (Wildman–Crippen LogP) is 3.83. The van der Waals surface area contributed by atoms with Crippen molar-refractivity contribution < 1.29 is 4.79 Å². The van der Waals surface area contributed by atoms with Gasteiger partial charge in [0.2, 0.25) is 5.91 Å². The van der Waals surface area contributed by atoms with Crippen molar-refractivity contribution in [2.24, 2.45) is 5.92 Å². The van der Waals surface area contributed by atoms with Crippen LogP contribution in [0.2, 0.25) is 0 Å². The van der Waals surface area contributed by atoms with Crippen molar-refractivity contribution in [2.75, 3.05) is 18.8 Å². The molecule has 7 heteroatoms. The van der Waals surface area contributed by atoms with E-state index in [-0.39, 0.29) is 11.6 Å². The van der Waals surface area contributed by atoms with E-state index in [2.05, 4.69) is 22.3 Å². The number of aromatic nitrogens is 3. The first-order valence-corrected chi connectivity index (χ1v) is 11.8. The lowest BCUT2D eigenvalue weighted by atomic mass is 9.93. The molecule has 1 N–H and O–H groups in total. The molecule has 0 spiro atoms. The van der Waals surface area contributed by atoms with Gasteiger partial charge in [-0.1, -0.05) is 36.4 Å². The van der Waals surface area contributed by atoms with Gasteiger partial charge in [-0.2, -0.15) is 5.10 Å². The minimum atomic E-state index is -0.201. The number of thioether (sulfide) groups is 1. The Labute approximate surface area is 186 Å². The van der Waals surface area contributed by atoms with Gasteiger partial charge in [0.25, 0.3) is 0 Å². The molecule has 1 amide bonds. The Balaban J connectivity index is 1.30. The van der Waals surface area contributed by atoms with Crippen LogP contribution < -0.4 is 5.69 Å². The molecule has 0 radical (unpaired) electrons. The molecule has 0 bridgehead atoms. The van der Waals surface area contributed by atoms with Crippen LogP contribution in [0.4, 0.5) is 0 Å². The molecule has 4 rings (SSSR count). The van der Waals surface area contributed by atoms with Crippen LogP contribution in [0.3, 0.4) is 0 Å². The predicted molar refractivity (Wildman–Crippen MR) is 124 cm³/mol. The molecule has 1 fully saturated rings. The normalized spacial score (nSPS) is 14.7. The number of hydrogen-bond donors (Lipinski definition) is 1. The van der Waals surface area contributed by atoms with Gasteiger partial charge in [0.15, 0.2) is 0 Å². The number of nitrogens with one attached hydrogen (secondary N) is 1. The average Bonchev–Trinajstić information content (AvgIpc) is 3.15. The molecule has 2 aromatic carbocycles. The SMILES string of the molecule is Cc1ccccc1-n1c(CC2CCN(C(=O)CCSc3ccccc3)CC2)n[nH]c1=O. The van der Waals surface area contributed by atoms with E-state index >= 15 is 0 Å². The topological polar surface area (TPSA) is 71.0 Å². The number of hydrogen-bond acceptors (Lipinski definition) is 4. The summed E-state index contributed by atoms with van der Waals surface area (Å²) in [7, 11) is 0. The summed E-state index contributed by atoms with van der Waals surface area (Å²) in [6, 6.07) is 18.0. The van der Waals surface area contributed by atoms with Gasteiger partial charge < -0.3 is 4.90 Å². The Kier molecular flexibility index (Phi) is 6.92. The molecule has 1 aromatic heterocycles. The van der Waals surface area contributed by atoms with Crippen LogP contribution in [0, 0.1) is 12.8 Å². The highest BCUT2D eigenvalue weighted by molar-refractivity contribution is 7.99. The van der Waals surface area contributed by atoms with Crippen molar-refractivity contribution in [1.82, 2.24) is 19.7 Å². The zero-order valence-corrected chi connectivity index (χ0v) is 18.6. The second-order valence-corrected chi connectivity index (χ2v) is 9.18. The lowest BCUT2D eigenvalue weighted by molar-refractivity contribution is -0.132. The number of amides is 1. The Morgan fingerprint density at radius 3 is 2.55 bits per heavy atom. The van der Waals surface area contributed by atoms with Crippen LogP contribution in [-0.2, 0) is 11.2 Å². The van der Waals surface area contributed by atoms with E-state index in [1.807, 2.05) is 54.3 Å². The molecular weight excluding hydrogens is 408 g/mol. The smallest absolute Gasteiger partial charge is 0.343 e. The number of carbonyl (C=O) groups is 1. The standard InChI is InChI=1S/C24H28N4O2S/c1-18-7-5-6-10-21(18)28-22(25-26-24(28)30)17-19-11-14-27(15-12-19)23(29)13-16-31-20-8-3-2-4-9-20/h2-10,19H,11-17H2,1H3,(H,26,30). The second kappa shape index (κ2) is 10.0. The maximum absolute atomic E-state index is 12.6. The first-order chi connectivity index (χ1) is 15.1. The monoisotopic (exact) mass is 436 g/mol. The average molecular weight is 437 g/mol. The zero-order valence-electron chi connectivity index (χ0n) is 17.8. The van der Waals surface area contributed by atoms with Crippen LogP contribution in [-0.4, -0.2) is 44.4 Å². The minimum absolute atomic E-state index is 0.201. The highest BCUT2D eigenvalue weighted by Gasteiger charge is 2.25. The lowest BCUT2D eigenvalue weighted by Gasteiger charge is -2.32. The third-order valence-corrected chi connectivity index (χ3v) is 6.88. The quantitative estimate of drug-likeness (QED) is 0.572. The van der Waals surface area contributed by atoms with Crippen LogP contribution in [0.25, 0.3) is 5.69 Å². The minimum Gasteiger partial charge on any atom is -0.343 e. The summed E-state index contributed by atoms with van der Waals surface area (Å²) in [5.41, 5.74) is 1.72. The number of aryl methyl sites for hydroxylation is 1. The van der Waals surface area contributed by atoms with Crippen molar-refractivity contribution in [2.45, 2.75) is 37.5 Å². The van der Waals surface area contributed by atoms with Crippen molar-refractivity contribution in [3.8, 4) is 5.69 Å². The highest BCUT2D eigenvalue weighted by atomic mass is 32.2. The van der Waals surface area contributed by atoms with Crippen LogP contribution >= 0.6 is 11.8 Å². The fourth-order valence-corrected chi connectivity index (χ4v) is 4.97. The molecule has 31 heavy (non-hydrogen) atoms. The number of benzene rings is 2. The molecule has 1 saturated heterocycles. The van der Waals surface area contributed by atoms with Crippen LogP contribution in [0.15, 0.2) is 64.3 Å². The largest absolute Gasteiger partial charge is 0.347 e. The van der Waals surface area contributed by atoms with E-state index in [0.29, 0.717) is 12.3 Å². The van der Waals surface area contributed by atoms with E-state index in [1.165, 1.54) is 4.90 Å². The Morgan fingerprint density at radius 1 is 1.10 bits per heavy atom. The van der Waals surface area contributed by atoms with Gasteiger partial charge in [-0.25, -0.2) is 14.5 Å². The molecular formula is C24H28N4O2S. The molecule has 3 aromatic rings. The fourth-order valence-electron chi connectivity index (χ4n) is 4.10. The third-order valence-electron chi connectivity index (χ3n) is 5.86. The summed E-state index contributed by atoms with van der Waals surface area (Å²) < 4.78 is 1.69. The molecule has 2 heterocycles. The fraction of sp³-hybridized carbons (Fsp3) is 0.375. The van der Waals surface area contributed by atoms with Gasteiger partial charge in [0.05, 0.1) is 5.69 Å². The summed E-state index contributed by atoms with van der Waals surface area (Å²) >= 11 is 1.73. The van der Waals surface area contributed by atoms with E-state index in [9.17, 15) is 9.59 Å². The van der Waals surface area contributed by atoms with E-state index in [4.69, 9.17) is 0 Å².